The second-order valence-corrected chi connectivity index (χ2v) is 6.70. The fourth-order valence-electron chi connectivity index (χ4n) is 3.89. The Morgan fingerprint density at radius 2 is 1.46 bits per heavy atom. The van der Waals surface area contributed by atoms with E-state index in [4.69, 9.17) is 0 Å². The molecule has 2 atom stereocenters. The maximum absolute atomic E-state index is 3.65. The van der Waals surface area contributed by atoms with Gasteiger partial charge in [0.1, 0.15) is 0 Å². The van der Waals surface area contributed by atoms with Crippen LogP contribution in [0, 0.1) is 19.9 Å². The van der Waals surface area contributed by atoms with Crippen LogP contribution in [0.25, 0.3) is 12.2 Å². The van der Waals surface area contributed by atoms with E-state index in [1.165, 1.54) is 41.5 Å². The van der Waals surface area contributed by atoms with Crippen LogP contribution in [0.2, 0.25) is 0 Å². The van der Waals surface area contributed by atoms with Gasteiger partial charge in [0, 0.05) is 25.8 Å². The van der Waals surface area contributed by atoms with E-state index in [9.17, 15) is 0 Å². The van der Waals surface area contributed by atoms with E-state index in [-0.39, 0.29) is 50.7 Å². The smallest absolute Gasteiger partial charge is 0 e. The first-order chi connectivity index (χ1) is 12.3. The third kappa shape index (κ3) is 5.94. The summed E-state index contributed by atoms with van der Waals surface area (Å²) in [6.45, 7) is 9.02. The minimum Gasteiger partial charge on any atom is -1.00 e. The largest absolute Gasteiger partial charge is 1.00 e. The van der Waals surface area contributed by atoms with Crippen molar-refractivity contribution in [2.45, 2.75) is 44.4 Å². The molecule has 2 aromatic carbocycles. The third-order valence-electron chi connectivity index (χ3n) is 4.97. The molecule has 0 aromatic heterocycles. The van der Waals surface area contributed by atoms with E-state index >= 15 is 0 Å². The van der Waals surface area contributed by atoms with Gasteiger partial charge in [-0.1, -0.05) is 73.4 Å². The van der Waals surface area contributed by atoms with Crippen LogP contribution in [-0.2, 0) is 25.8 Å². The van der Waals surface area contributed by atoms with Crippen molar-refractivity contribution in [3.8, 4) is 0 Å². The Bertz CT molecular complexity index is 780. The molecular formula is C25H27Cl2Hf-5. The Morgan fingerprint density at radius 1 is 0.893 bits per heavy atom. The van der Waals surface area contributed by atoms with E-state index in [1.807, 2.05) is 0 Å². The van der Waals surface area contributed by atoms with Crippen LogP contribution < -0.4 is 24.8 Å². The van der Waals surface area contributed by atoms with Gasteiger partial charge < -0.3 is 45.1 Å². The molecule has 2 aliphatic carbocycles. The Hall–Kier alpha value is -0.630. The number of rotatable bonds is 4. The second kappa shape index (κ2) is 13.6. The van der Waals surface area contributed by atoms with Crippen LogP contribution in [0.4, 0.5) is 0 Å². The van der Waals surface area contributed by atoms with Gasteiger partial charge in [-0.3, -0.25) is 6.08 Å². The monoisotopic (exact) mass is 577 g/mol. The van der Waals surface area contributed by atoms with Gasteiger partial charge in [-0.2, -0.15) is 5.56 Å². The van der Waals surface area contributed by atoms with Crippen LogP contribution in [0.3, 0.4) is 0 Å². The molecule has 0 spiro atoms. The van der Waals surface area contributed by atoms with Crippen molar-refractivity contribution in [2.24, 2.45) is 0 Å². The number of hydrogen-bond donors (Lipinski definition) is 0. The van der Waals surface area contributed by atoms with Gasteiger partial charge in [0.2, 0.25) is 0 Å². The number of hydrogen-bond acceptors (Lipinski definition) is 0. The van der Waals surface area contributed by atoms with Crippen LogP contribution in [0.15, 0.2) is 54.1 Å². The van der Waals surface area contributed by atoms with Crippen molar-refractivity contribution in [1.82, 2.24) is 0 Å². The van der Waals surface area contributed by atoms with E-state index in [0.717, 1.165) is 6.42 Å². The van der Waals surface area contributed by atoms with E-state index in [2.05, 4.69) is 87.5 Å². The van der Waals surface area contributed by atoms with Crippen molar-refractivity contribution in [2.75, 3.05) is 0 Å². The molecule has 0 nitrogen and oxygen atoms in total. The molecule has 0 amide bonds. The molecule has 0 fully saturated rings. The minimum absolute atomic E-state index is 0. The van der Waals surface area contributed by atoms with Gasteiger partial charge in [-0.05, 0) is 29.9 Å². The number of unbranched alkanes of at least 4 members (excludes halogenated alkanes) is 1. The predicted octanol–water partition coefficient (Wildman–Crippen LogP) is 1.02. The molecule has 0 aliphatic heterocycles. The zero-order valence-electron chi connectivity index (χ0n) is 16.4. The van der Waals surface area contributed by atoms with Crippen LogP contribution in [-0.4, -0.2) is 0 Å². The molecule has 0 saturated carbocycles. The Balaban J connectivity index is 0.00000115. The summed E-state index contributed by atoms with van der Waals surface area (Å²) < 4.78 is 0. The zero-order valence-corrected chi connectivity index (χ0v) is 21.5. The molecule has 4 rings (SSSR count). The van der Waals surface area contributed by atoms with Gasteiger partial charge in [0.05, 0.1) is 0 Å². The average molecular weight is 577 g/mol. The molecule has 0 heterocycles. The van der Waals surface area contributed by atoms with Crippen LogP contribution in [0.5, 0.6) is 0 Å². The molecule has 0 N–H and O–H groups in total. The van der Waals surface area contributed by atoms with Crippen molar-refractivity contribution < 1.29 is 50.7 Å². The molecule has 0 bridgehead atoms. The summed E-state index contributed by atoms with van der Waals surface area (Å²) in [5, 5.41) is 0. The Kier molecular flexibility index (Phi) is 13.3. The first-order valence-electron chi connectivity index (χ1n) is 9.36. The molecule has 0 radical (unpaired) electrons. The van der Waals surface area contributed by atoms with Gasteiger partial charge in [0.25, 0.3) is 0 Å². The van der Waals surface area contributed by atoms with E-state index in [1.54, 1.807) is 5.57 Å². The van der Waals surface area contributed by atoms with E-state index in [0.29, 0.717) is 11.8 Å². The normalized spacial score (nSPS) is 17.6. The molecule has 0 saturated heterocycles. The van der Waals surface area contributed by atoms with Crippen LogP contribution in [0.1, 0.15) is 66.7 Å². The fourth-order valence-corrected chi connectivity index (χ4v) is 3.89. The predicted molar refractivity (Wildman–Crippen MR) is 109 cm³/mol. The molecule has 2 aromatic rings. The zero-order chi connectivity index (χ0) is 17.6. The average Bonchev–Trinajstić information content (AvgIpc) is 3.21. The maximum Gasteiger partial charge on any atom is 0 e. The molecule has 2 aliphatic rings. The number of fused-ring (bicyclic) bond motifs is 2. The molecular weight excluding hydrogens is 550 g/mol. The summed E-state index contributed by atoms with van der Waals surface area (Å²) in [6, 6.07) is 17.6. The SMILES string of the molecule is CCCCC1=Cc2ccccc2C1C1[C-]=Cc2ccccc21.[CH2-]C[CH2-].[Cl-].[Cl-].[Hf]. The number of halogens is 2. The van der Waals surface area contributed by atoms with Crippen molar-refractivity contribution in [3.05, 3.63) is 96.3 Å². The molecule has 150 valence electrons. The first kappa shape index (κ1) is 27.4. The van der Waals surface area contributed by atoms with Gasteiger partial charge >= 0.3 is 0 Å². The third-order valence-corrected chi connectivity index (χ3v) is 4.97. The second-order valence-electron chi connectivity index (χ2n) is 6.70. The summed E-state index contributed by atoms with van der Waals surface area (Å²) >= 11 is 0. The van der Waals surface area contributed by atoms with E-state index < -0.39 is 0 Å². The fraction of sp³-hybridized carbons (Fsp3) is 0.280. The number of allylic oxidation sites excluding steroid dienone is 2. The summed E-state index contributed by atoms with van der Waals surface area (Å²) in [4.78, 5) is 0. The van der Waals surface area contributed by atoms with Crippen LogP contribution >= 0.6 is 0 Å². The van der Waals surface area contributed by atoms with Crippen molar-refractivity contribution in [3.63, 3.8) is 0 Å². The summed E-state index contributed by atoms with van der Waals surface area (Å²) in [7, 11) is 0. The standard InChI is InChI=1S/C22H21.C3H6.2ClH.Hf/c1-2-3-8-18-15-17-10-5-7-12-20(17)22(18)21-14-13-16-9-4-6-11-19(16)21;1-3-2;;;/h4-7,9-13,15,21-22H,2-3,8H2,1H3;1-3H2;2*1H;/q-1;-2;;;/p-2. The summed E-state index contributed by atoms with van der Waals surface area (Å²) in [6.07, 6.45) is 12.7. The molecule has 28 heavy (non-hydrogen) atoms. The quantitative estimate of drug-likeness (QED) is 0.377. The van der Waals surface area contributed by atoms with Gasteiger partial charge in [-0.25, -0.2) is 6.08 Å². The topological polar surface area (TPSA) is 0 Å². The Morgan fingerprint density at radius 3 is 2.11 bits per heavy atom. The molecule has 2 unspecified atom stereocenters. The van der Waals surface area contributed by atoms with Gasteiger partial charge in [0.15, 0.2) is 0 Å². The molecule has 3 heteroatoms. The summed E-state index contributed by atoms with van der Waals surface area (Å²) in [5.41, 5.74) is 7.25. The van der Waals surface area contributed by atoms with Crippen molar-refractivity contribution >= 4 is 12.2 Å². The first-order valence-corrected chi connectivity index (χ1v) is 9.36. The maximum atomic E-state index is 3.65. The number of benzene rings is 2. The summed E-state index contributed by atoms with van der Waals surface area (Å²) in [5.74, 6) is 0.852. The minimum atomic E-state index is 0. The van der Waals surface area contributed by atoms with Gasteiger partial charge in [-0.15, -0.1) is 11.6 Å². The Labute approximate surface area is 202 Å². The van der Waals surface area contributed by atoms with Crippen molar-refractivity contribution in [1.29, 1.82) is 0 Å².